The predicted octanol–water partition coefficient (Wildman–Crippen LogP) is 2.48. The second-order valence-electron chi connectivity index (χ2n) is 6.20. The van der Waals surface area contributed by atoms with Crippen LogP contribution in [0.2, 0.25) is 0 Å². The van der Waals surface area contributed by atoms with Crippen molar-refractivity contribution in [1.29, 1.82) is 0 Å². The van der Waals surface area contributed by atoms with Crippen molar-refractivity contribution in [3.05, 3.63) is 75.2 Å². The molecule has 0 amide bonds. The third kappa shape index (κ3) is 3.55. The lowest BCUT2D eigenvalue weighted by Crippen LogP contribution is -2.36. The first-order valence-electron chi connectivity index (χ1n) is 8.18. The fraction of sp³-hybridized carbons (Fsp3) is 0.278. The molecule has 1 atom stereocenters. The molecule has 0 saturated carbocycles. The van der Waals surface area contributed by atoms with Gasteiger partial charge < -0.3 is 5.32 Å². The number of aromatic nitrogens is 4. The zero-order chi connectivity index (χ0) is 18.0. The Balaban J connectivity index is 1.86. The average Bonchev–Trinajstić information content (AvgIpc) is 3.08. The number of nitrogens with one attached hydrogen (secondary N) is 2. The molecule has 0 aliphatic heterocycles. The molecule has 25 heavy (non-hydrogen) atoms. The Morgan fingerprint density at radius 2 is 1.92 bits per heavy atom. The molecule has 3 rings (SSSR count). The van der Waals surface area contributed by atoms with Crippen molar-refractivity contribution in [1.82, 2.24) is 19.3 Å². The molecule has 0 saturated heterocycles. The Kier molecular flexibility index (Phi) is 4.56. The van der Waals surface area contributed by atoms with Gasteiger partial charge in [0, 0.05) is 30.5 Å². The van der Waals surface area contributed by atoms with Crippen LogP contribution < -0.4 is 16.6 Å². The smallest absolute Gasteiger partial charge is 0.330 e. The van der Waals surface area contributed by atoms with Crippen molar-refractivity contribution in [2.75, 3.05) is 5.32 Å². The van der Waals surface area contributed by atoms with Gasteiger partial charge in [0.2, 0.25) is 0 Å². The molecule has 0 unspecified atom stereocenters. The van der Waals surface area contributed by atoms with Crippen LogP contribution in [0.4, 0.5) is 5.82 Å². The van der Waals surface area contributed by atoms with Gasteiger partial charge in [0.15, 0.2) is 0 Å². The Morgan fingerprint density at radius 1 is 1.12 bits per heavy atom. The minimum atomic E-state index is -0.414. The van der Waals surface area contributed by atoms with E-state index < -0.39 is 5.69 Å². The number of rotatable bonds is 5. The van der Waals surface area contributed by atoms with Crippen LogP contribution in [-0.4, -0.2) is 19.3 Å². The highest BCUT2D eigenvalue weighted by Gasteiger charge is 2.11. The van der Waals surface area contributed by atoms with Crippen LogP contribution in [0.25, 0.3) is 5.69 Å². The van der Waals surface area contributed by atoms with Crippen LogP contribution in [0.1, 0.15) is 38.4 Å². The Bertz CT molecular complexity index is 938. The van der Waals surface area contributed by atoms with Gasteiger partial charge in [0.05, 0.1) is 5.69 Å². The highest BCUT2D eigenvalue weighted by atomic mass is 16.2. The van der Waals surface area contributed by atoms with E-state index in [1.165, 1.54) is 10.6 Å². The number of nitrogens with zero attached hydrogens (tertiary/aromatic N) is 3. The van der Waals surface area contributed by atoms with E-state index in [1.54, 1.807) is 24.7 Å². The summed E-state index contributed by atoms with van der Waals surface area (Å²) in [6.07, 6.45) is 3.60. The zero-order valence-electron chi connectivity index (χ0n) is 14.4. The van der Waals surface area contributed by atoms with E-state index >= 15 is 0 Å². The molecule has 1 aromatic carbocycles. The lowest BCUT2D eigenvalue weighted by molar-refractivity contribution is 0.546. The molecule has 0 spiro atoms. The van der Waals surface area contributed by atoms with Crippen molar-refractivity contribution in [3.63, 3.8) is 0 Å². The van der Waals surface area contributed by atoms with E-state index in [4.69, 9.17) is 0 Å². The van der Waals surface area contributed by atoms with Crippen LogP contribution in [0.3, 0.4) is 0 Å². The summed E-state index contributed by atoms with van der Waals surface area (Å²) in [5, 5.41) is 7.40. The standard InChI is InChI=1S/C18H21N5O2/c1-12(2)23-17(24)11-16(21-18(23)25)20-13(3)14-6-4-7-15(10-14)22-9-5-8-19-22/h4-13,20H,1-3H3,(H,21,25)/t13-/m0/s1. The average molecular weight is 339 g/mol. The fourth-order valence-electron chi connectivity index (χ4n) is 2.75. The Hall–Kier alpha value is -3.09. The summed E-state index contributed by atoms with van der Waals surface area (Å²) < 4.78 is 2.97. The van der Waals surface area contributed by atoms with Gasteiger partial charge in [0.1, 0.15) is 5.82 Å². The zero-order valence-corrected chi connectivity index (χ0v) is 14.4. The maximum atomic E-state index is 12.1. The Labute approximate surface area is 144 Å². The van der Waals surface area contributed by atoms with Crippen molar-refractivity contribution in [3.8, 4) is 5.69 Å². The van der Waals surface area contributed by atoms with E-state index in [1.807, 2.05) is 43.5 Å². The topological polar surface area (TPSA) is 84.7 Å². The lowest BCUT2D eigenvalue weighted by Gasteiger charge is -2.17. The maximum Gasteiger partial charge on any atom is 0.330 e. The van der Waals surface area contributed by atoms with Gasteiger partial charge in [-0.1, -0.05) is 12.1 Å². The largest absolute Gasteiger partial charge is 0.365 e. The van der Waals surface area contributed by atoms with Gasteiger partial charge in [-0.05, 0) is 44.5 Å². The van der Waals surface area contributed by atoms with Crippen molar-refractivity contribution in [2.24, 2.45) is 0 Å². The van der Waals surface area contributed by atoms with Crippen molar-refractivity contribution in [2.45, 2.75) is 32.9 Å². The van der Waals surface area contributed by atoms with Gasteiger partial charge in [-0.15, -0.1) is 0 Å². The SMILES string of the molecule is CC(C)n1c(=O)cc(N[C@@H](C)c2cccc(-n3cccn3)c2)[nH]c1=O. The van der Waals surface area contributed by atoms with Crippen molar-refractivity contribution < 1.29 is 0 Å². The van der Waals surface area contributed by atoms with E-state index in [2.05, 4.69) is 15.4 Å². The lowest BCUT2D eigenvalue weighted by atomic mass is 10.1. The maximum absolute atomic E-state index is 12.1. The summed E-state index contributed by atoms with van der Waals surface area (Å²) in [5.74, 6) is 0.406. The molecule has 7 nitrogen and oxygen atoms in total. The molecule has 0 bridgehead atoms. The molecule has 0 radical (unpaired) electrons. The first-order valence-corrected chi connectivity index (χ1v) is 8.18. The summed E-state index contributed by atoms with van der Waals surface area (Å²) in [4.78, 5) is 26.9. The van der Waals surface area contributed by atoms with Crippen LogP contribution in [0.15, 0.2) is 58.4 Å². The molecule has 130 valence electrons. The number of aromatic amines is 1. The normalized spacial score (nSPS) is 12.3. The molecule has 2 N–H and O–H groups in total. The predicted molar refractivity (Wildman–Crippen MR) is 97.3 cm³/mol. The highest BCUT2D eigenvalue weighted by Crippen LogP contribution is 2.19. The van der Waals surface area contributed by atoms with E-state index in [0.717, 1.165) is 11.3 Å². The Morgan fingerprint density at radius 3 is 2.56 bits per heavy atom. The number of H-pyrrole nitrogens is 1. The van der Waals surface area contributed by atoms with Crippen LogP contribution in [0.5, 0.6) is 0 Å². The van der Waals surface area contributed by atoms with Crippen LogP contribution >= 0.6 is 0 Å². The third-order valence-electron chi connectivity index (χ3n) is 3.99. The minimum Gasteiger partial charge on any atom is -0.365 e. The number of anilines is 1. The number of benzene rings is 1. The summed E-state index contributed by atoms with van der Waals surface area (Å²) in [5.41, 5.74) is 1.22. The molecule has 0 aliphatic carbocycles. The fourth-order valence-corrected chi connectivity index (χ4v) is 2.75. The monoisotopic (exact) mass is 339 g/mol. The molecule has 0 aliphatic rings. The number of hydrogen-bond donors (Lipinski definition) is 2. The first kappa shape index (κ1) is 16.8. The second-order valence-corrected chi connectivity index (χ2v) is 6.20. The summed E-state index contributed by atoms with van der Waals surface area (Å²) in [6.45, 7) is 5.56. The summed E-state index contributed by atoms with van der Waals surface area (Å²) >= 11 is 0. The molecular weight excluding hydrogens is 318 g/mol. The second kappa shape index (κ2) is 6.80. The van der Waals surface area contributed by atoms with Gasteiger partial charge >= 0.3 is 5.69 Å². The molecule has 7 heteroatoms. The van der Waals surface area contributed by atoms with Crippen molar-refractivity contribution >= 4 is 5.82 Å². The van der Waals surface area contributed by atoms with Gasteiger partial charge in [-0.2, -0.15) is 5.10 Å². The molecule has 0 fully saturated rings. The van der Waals surface area contributed by atoms with E-state index in [9.17, 15) is 9.59 Å². The minimum absolute atomic E-state index is 0.0968. The summed E-state index contributed by atoms with van der Waals surface area (Å²) in [7, 11) is 0. The number of hydrogen-bond acceptors (Lipinski definition) is 4. The molecule has 3 aromatic rings. The quantitative estimate of drug-likeness (QED) is 0.748. The first-order chi connectivity index (χ1) is 12.0. The highest BCUT2D eigenvalue weighted by molar-refractivity contribution is 5.41. The van der Waals surface area contributed by atoms with Gasteiger partial charge in [0.25, 0.3) is 5.56 Å². The van der Waals surface area contributed by atoms with Crippen LogP contribution in [-0.2, 0) is 0 Å². The van der Waals surface area contributed by atoms with E-state index in [0.29, 0.717) is 5.82 Å². The van der Waals surface area contributed by atoms with Crippen LogP contribution in [0, 0.1) is 0 Å². The van der Waals surface area contributed by atoms with E-state index in [-0.39, 0.29) is 17.6 Å². The molecule has 2 aromatic heterocycles. The molecule has 2 heterocycles. The van der Waals surface area contributed by atoms with Gasteiger partial charge in [-0.25, -0.2) is 9.48 Å². The molecular formula is C18H21N5O2. The summed E-state index contributed by atoms with van der Waals surface area (Å²) in [6, 6.07) is 10.9. The third-order valence-corrected chi connectivity index (χ3v) is 3.99. The van der Waals surface area contributed by atoms with Gasteiger partial charge in [-0.3, -0.25) is 14.3 Å².